The number of pyridine rings is 1. The zero-order chi connectivity index (χ0) is 13.9. The molecular weight excluding hydrogens is 300 g/mol. The molecule has 0 spiro atoms. The Morgan fingerprint density at radius 3 is 2.56 bits per heavy atom. The monoisotopic (exact) mass is 316 g/mol. The van der Waals surface area contributed by atoms with E-state index >= 15 is 0 Å². The van der Waals surface area contributed by atoms with Gasteiger partial charge in [0.1, 0.15) is 10.3 Å². The largest absolute Gasteiger partial charge is 0.479 e. The molecule has 0 saturated carbocycles. The van der Waals surface area contributed by atoms with Crippen LogP contribution in [-0.2, 0) is 0 Å². The highest BCUT2D eigenvalue weighted by Gasteiger charge is 2.25. The number of hydrogen-bond donors (Lipinski definition) is 1. The molecule has 1 N–H and O–H groups in total. The first-order valence-electron chi connectivity index (χ1n) is 5.45. The molecule has 1 aromatic heterocycles. The van der Waals surface area contributed by atoms with E-state index in [1.807, 2.05) is 20.8 Å². The second-order valence-electron chi connectivity index (χ2n) is 5.09. The van der Waals surface area contributed by atoms with E-state index in [0.717, 1.165) is 0 Å². The van der Waals surface area contributed by atoms with E-state index in [0.29, 0.717) is 16.8 Å². The summed E-state index contributed by atoms with van der Waals surface area (Å²) in [5.74, 6) is 0.288. The molecule has 1 amide bonds. The van der Waals surface area contributed by atoms with E-state index in [2.05, 4.69) is 20.9 Å². The molecule has 1 aromatic rings. The number of hydrogen-bond acceptors (Lipinski definition) is 3. The van der Waals surface area contributed by atoms with Gasteiger partial charge in [-0.3, -0.25) is 4.90 Å². The van der Waals surface area contributed by atoms with Crippen molar-refractivity contribution in [3.63, 3.8) is 0 Å². The molecule has 0 atom stereocenters. The first-order chi connectivity index (χ1) is 8.24. The van der Waals surface area contributed by atoms with Gasteiger partial charge in [-0.05, 0) is 33.5 Å². The summed E-state index contributed by atoms with van der Waals surface area (Å²) >= 11 is 3.23. The summed E-state index contributed by atoms with van der Waals surface area (Å²) in [6.45, 7) is 6.28. The summed E-state index contributed by atoms with van der Waals surface area (Å²) in [5.41, 5.74) is 0.291. The topological polar surface area (TPSA) is 62.7 Å². The Balaban J connectivity index is 3.17. The first-order valence-corrected chi connectivity index (χ1v) is 6.25. The Bertz CT molecular complexity index is 443. The van der Waals surface area contributed by atoms with E-state index in [1.54, 1.807) is 12.1 Å². The van der Waals surface area contributed by atoms with Crippen molar-refractivity contribution in [3.8, 4) is 5.88 Å². The molecule has 0 bridgehead atoms. The summed E-state index contributed by atoms with van der Waals surface area (Å²) in [5, 5.41) is 9.31. The molecule has 1 heterocycles. The smallest absolute Gasteiger partial charge is 0.412 e. The average molecular weight is 317 g/mol. The number of amides is 1. The molecule has 0 fully saturated rings. The van der Waals surface area contributed by atoms with Crippen molar-refractivity contribution in [2.75, 3.05) is 18.6 Å². The quantitative estimate of drug-likeness (QED) is 0.868. The molecule has 18 heavy (non-hydrogen) atoms. The van der Waals surface area contributed by atoms with Crippen molar-refractivity contribution in [1.82, 2.24) is 4.98 Å². The van der Waals surface area contributed by atoms with Crippen molar-refractivity contribution >= 4 is 27.7 Å². The molecule has 1 rings (SSSR count). The minimum absolute atomic E-state index is 0.156. The number of halogens is 1. The number of carboxylic acid groups (broad SMARTS) is 1. The van der Waals surface area contributed by atoms with Crippen LogP contribution in [0.1, 0.15) is 20.8 Å². The number of methoxy groups -OCH3 is 1. The van der Waals surface area contributed by atoms with Gasteiger partial charge in [-0.15, -0.1) is 0 Å². The maximum absolute atomic E-state index is 11.4. The van der Waals surface area contributed by atoms with E-state index < -0.39 is 6.09 Å². The molecule has 0 aliphatic carbocycles. The molecule has 6 heteroatoms. The third-order valence-electron chi connectivity index (χ3n) is 2.15. The van der Waals surface area contributed by atoms with Crippen LogP contribution in [0.2, 0.25) is 0 Å². The zero-order valence-corrected chi connectivity index (χ0v) is 12.5. The van der Waals surface area contributed by atoms with Crippen LogP contribution in [0.25, 0.3) is 0 Å². The van der Waals surface area contributed by atoms with Gasteiger partial charge in [-0.1, -0.05) is 20.8 Å². The molecule has 0 aromatic carbocycles. The lowest BCUT2D eigenvalue weighted by Crippen LogP contribution is -2.37. The minimum atomic E-state index is -1.02. The van der Waals surface area contributed by atoms with E-state index in [1.165, 1.54) is 12.0 Å². The maximum atomic E-state index is 11.4. The van der Waals surface area contributed by atoms with Gasteiger partial charge in [0.2, 0.25) is 5.88 Å². The van der Waals surface area contributed by atoms with Gasteiger partial charge in [-0.25, -0.2) is 9.78 Å². The van der Waals surface area contributed by atoms with Crippen LogP contribution in [0.3, 0.4) is 0 Å². The Kier molecular flexibility index (Phi) is 4.56. The maximum Gasteiger partial charge on any atom is 0.412 e. The van der Waals surface area contributed by atoms with Crippen molar-refractivity contribution < 1.29 is 14.6 Å². The Morgan fingerprint density at radius 2 is 2.11 bits per heavy atom. The highest BCUT2D eigenvalue weighted by atomic mass is 79.9. The lowest BCUT2D eigenvalue weighted by Gasteiger charge is -2.28. The Hall–Kier alpha value is -1.30. The molecule has 100 valence electrons. The SMILES string of the molecule is COc1nc(Br)ccc1N(CC(C)(C)C)C(=O)O. The number of ether oxygens (including phenoxy) is 1. The van der Waals surface area contributed by atoms with Gasteiger partial charge in [-0.2, -0.15) is 0 Å². The zero-order valence-electron chi connectivity index (χ0n) is 10.9. The van der Waals surface area contributed by atoms with Gasteiger partial charge in [0.25, 0.3) is 0 Å². The lowest BCUT2D eigenvalue weighted by molar-refractivity contribution is 0.198. The van der Waals surface area contributed by atoms with E-state index in [-0.39, 0.29) is 11.3 Å². The summed E-state index contributed by atoms with van der Waals surface area (Å²) < 4.78 is 5.73. The predicted molar refractivity (Wildman–Crippen MR) is 73.3 cm³/mol. The van der Waals surface area contributed by atoms with Gasteiger partial charge in [0.15, 0.2) is 0 Å². The normalized spacial score (nSPS) is 11.2. The van der Waals surface area contributed by atoms with Crippen LogP contribution >= 0.6 is 15.9 Å². The van der Waals surface area contributed by atoms with Gasteiger partial charge < -0.3 is 9.84 Å². The fourth-order valence-corrected chi connectivity index (χ4v) is 1.79. The second-order valence-corrected chi connectivity index (χ2v) is 5.90. The van der Waals surface area contributed by atoms with Crippen LogP contribution in [0.15, 0.2) is 16.7 Å². The number of aromatic nitrogens is 1. The Morgan fingerprint density at radius 1 is 1.50 bits per heavy atom. The number of rotatable bonds is 3. The molecule has 0 radical (unpaired) electrons. The number of anilines is 1. The highest BCUT2D eigenvalue weighted by Crippen LogP contribution is 2.30. The van der Waals surface area contributed by atoms with Crippen LogP contribution < -0.4 is 9.64 Å². The van der Waals surface area contributed by atoms with Crippen LogP contribution in [0.4, 0.5) is 10.5 Å². The third kappa shape index (κ3) is 3.87. The van der Waals surface area contributed by atoms with Crippen molar-refractivity contribution in [1.29, 1.82) is 0 Å². The van der Waals surface area contributed by atoms with Gasteiger partial charge in [0, 0.05) is 6.54 Å². The fourth-order valence-electron chi connectivity index (χ4n) is 1.50. The molecule has 5 nitrogen and oxygen atoms in total. The average Bonchev–Trinajstić information content (AvgIpc) is 2.24. The summed E-state index contributed by atoms with van der Waals surface area (Å²) in [4.78, 5) is 16.7. The van der Waals surface area contributed by atoms with Crippen molar-refractivity contribution in [2.45, 2.75) is 20.8 Å². The summed E-state index contributed by atoms with van der Waals surface area (Å²) in [7, 11) is 1.47. The highest BCUT2D eigenvalue weighted by molar-refractivity contribution is 9.10. The van der Waals surface area contributed by atoms with Gasteiger partial charge >= 0.3 is 6.09 Å². The molecule has 0 aliphatic heterocycles. The van der Waals surface area contributed by atoms with Gasteiger partial charge in [0.05, 0.1) is 7.11 Å². The molecule has 0 aliphatic rings. The summed E-state index contributed by atoms with van der Waals surface area (Å²) in [6, 6.07) is 3.37. The first kappa shape index (κ1) is 14.8. The fraction of sp³-hybridized carbons (Fsp3) is 0.500. The lowest BCUT2D eigenvalue weighted by atomic mass is 9.96. The van der Waals surface area contributed by atoms with Crippen molar-refractivity contribution in [3.05, 3.63) is 16.7 Å². The molecule has 0 saturated heterocycles. The van der Waals surface area contributed by atoms with Crippen LogP contribution in [-0.4, -0.2) is 29.8 Å². The van der Waals surface area contributed by atoms with Crippen molar-refractivity contribution in [2.24, 2.45) is 5.41 Å². The molecular formula is C12H17BrN2O3. The van der Waals surface area contributed by atoms with E-state index in [4.69, 9.17) is 4.74 Å². The van der Waals surface area contributed by atoms with E-state index in [9.17, 15) is 9.90 Å². The predicted octanol–water partition coefficient (Wildman–Crippen LogP) is 3.38. The second kappa shape index (κ2) is 5.56. The molecule has 0 unspecified atom stereocenters. The third-order valence-corrected chi connectivity index (χ3v) is 2.60. The van der Waals surface area contributed by atoms with Crippen LogP contribution in [0.5, 0.6) is 5.88 Å². The Labute approximate surface area is 115 Å². The standard InChI is InChI=1S/C12H17BrN2O3/c1-12(2,3)7-15(11(16)17)8-5-6-9(13)14-10(8)18-4/h5-6H,7H2,1-4H3,(H,16,17). The minimum Gasteiger partial charge on any atom is -0.479 e. The summed E-state index contributed by atoms with van der Waals surface area (Å²) in [6.07, 6.45) is -1.02. The van der Waals surface area contributed by atoms with Crippen LogP contribution in [0, 0.1) is 5.41 Å². The number of carbonyl (C=O) groups is 1. The number of nitrogens with zero attached hydrogens (tertiary/aromatic N) is 2.